The molecule has 1 aliphatic heterocycles. The lowest BCUT2D eigenvalue weighted by Crippen LogP contribution is -2.17. The molecule has 1 aromatic rings. The van der Waals surface area contributed by atoms with Gasteiger partial charge in [0.1, 0.15) is 11.6 Å². The normalized spacial score (nSPS) is 17.6. The molecule has 2 rings (SSSR count). The van der Waals surface area contributed by atoms with Crippen molar-refractivity contribution in [3.8, 4) is 0 Å². The number of hydrogen-bond donors (Lipinski definition) is 1. The molecule has 1 aromatic heterocycles. The average molecular weight is 207 g/mol. The maximum Gasteiger partial charge on any atom is 0.155 e. The largest absolute Gasteiger partial charge is 0.383 e. The molecule has 2 heterocycles. The Kier molecular flexibility index (Phi) is 2.91. The molecule has 2 N–H and O–H groups in total. The van der Waals surface area contributed by atoms with Crippen molar-refractivity contribution >= 4 is 12.1 Å². The summed E-state index contributed by atoms with van der Waals surface area (Å²) < 4.78 is 5.25. The fraction of sp³-hybridized carbons (Fsp3) is 0.500. The Hall–Kier alpha value is -1.49. The molecular formula is C10H13N3O2. The highest BCUT2D eigenvalue weighted by molar-refractivity contribution is 5.80. The summed E-state index contributed by atoms with van der Waals surface area (Å²) in [5.41, 5.74) is 5.98. The predicted molar refractivity (Wildman–Crippen MR) is 54.6 cm³/mol. The molecule has 1 fully saturated rings. The molecular weight excluding hydrogens is 194 g/mol. The van der Waals surface area contributed by atoms with Gasteiger partial charge >= 0.3 is 0 Å². The number of ether oxygens (including phenoxy) is 1. The van der Waals surface area contributed by atoms with Crippen LogP contribution in [0.2, 0.25) is 0 Å². The zero-order valence-electron chi connectivity index (χ0n) is 8.35. The highest BCUT2D eigenvalue weighted by Gasteiger charge is 2.19. The first-order valence-corrected chi connectivity index (χ1v) is 4.96. The van der Waals surface area contributed by atoms with E-state index in [1.807, 2.05) is 0 Å². The summed E-state index contributed by atoms with van der Waals surface area (Å²) in [5, 5.41) is 0. The standard InChI is InChI=1S/C10H13N3O2/c11-9-8(6-14)5-12-10(13-9)7-1-3-15-4-2-7/h5-7H,1-4H2,(H2,11,12,13). The van der Waals surface area contributed by atoms with E-state index in [2.05, 4.69) is 9.97 Å². The second-order valence-electron chi connectivity index (χ2n) is 3.57. The first kappa shape index (κ1) is 10.0. The van der Waals surface area contributed by atoms with E-state index in [1.165, 1.54) is 6.20 Å². The zero-order chi connectivity index (χ0) is 10.7. The number of anilines is 1. The van der Waals surface area contributed by atoms with Crippen molar-refractivity contribution in [2.24, 2.45) is 0 Å². The lowest BCUT2D eigenvalue weighted by Gasteiger charge is -2.20. The maximum absolute atomic E-state index is 10.5. The van der Waals surface area contributed by atoms with Gasteiger partial charge in [-0.2, -0.15) is 0 Å². The lowest BCUT2D eigenvalue weighted by molar-refractivity contribution is 0.0836. The van der Waals surface area contributed by atoms with Crippen LogP contribution in [0.1, 0.15) is 34.9 Å². The van der Waals surface area contributed by atoms with Crippen LogP contribution in [-0.4, -0.2) is 29.5 Å². The predicted octanol–water partition coefficient (Wildman–Crippen LogP) is 0.765. The number of aromatic nitrogens is 2. The van der Waals surface area contributed by atoms with Gasteiger partial charge in [-0.3, -0.25) is 4.79 Å². The topological polar surface area (TPSA) is 78.1 Å². The molecule has 5 nitrogen and oxygen atoms in total. The molecule has 0 aliphatic carbocycles. The minimum absolute atomic E-state index is 0.265. The number of nitrogens with two attached hydrogens (primary N) is 1. The summed E-state index contributed by atoms with van der Waals surface area (Å²) in [5.74, 6) is 1.30. The Morgan fingerprint density at radius 1 is 1.47 bits per heavy atom. The Balaban J connectivity index is 2.21. The van der Waals surface area contributed by atoms with Gasteiger partial charge in [0, 0.05) is 25.3 Å². The van der Waals surface area contributed by atoms with Crippen molar-refractivity contribution in [3.05, 3.63) is 17.6 Å². The molecule has 0 amide bonds. The molecule has 80 valence electrons. The van der Waals surface area contributed by atoms with Crippen LogP contribution in [0.15, 0.2) is 6.20 Å². The van der Waals surface area contributed by atoms with Crippen molar-refractivity contribution in [3.63, 3.8) is 0 Å². The number of carbonyl (C=O) groups is 1. The monoisotopic (exact) mass is 207 g/mol. The first-order chi connectivity index (χ1) is 7.31. The number of hydrogen-bond acceptors (Lipinski definition) is 5. The molecule has 0 aromatic carbocycles. The summed E-state index contributed by atoms with van der Waals surface area (Å²) in [7, 11) is 0. The Labute approximate surface area is 87.7 Å². The summed E-state index contributed by atoms with van der Waals surface area (Å²) in [6.45, 7) is 1.48. The van der Waals surface area contributed by atoms with Crippen molar-refractivity contribution in [2.45, 2.75) is 18.8 Å². The molecule has 0 bridgehead atoms. The summed E-state index contributed by atoms with van der Waals surface area (Å²) in [6, 6.07) is 0. The number of nitrogens with zero attached hydrogens (tertiary/aromatic N) is 2. The summed E-state index contributed by atoms with van der Waals surface area (Å²) in [4.78, 5) is 18.8. The van der Waals surface area contributed by atoms with E-state index in [1.54, 1.807) is 0 Å². The smallest absolute Gasteiger partial charge is 0.155 e. The minimum atomic E-state index is 0.265. The van der Waals surface area contributed by atoms with Gasteiger partial charge < -0.3 is 10.5 Å². The number of aldehydes is 1. The summed E-state index contributed by atoms with van der Waals surface area (Å²) in [6.07, 6.45) is 3.99. The van der Waals surface area contributed by atoms with E-state index in [9.17, 15) is 4.79 Å². The van der Waals surface area contributed by atoms with Crippen LogP contribution >= 0.6 is 0 Å². The summed E-state index contributed by atoms with van der Waals surface area (Å²) >= 11 is 0. The Bertz CT molecular complexity index is 362. The van der Waals surface area contributed by atoms with Gasteiger partial charge in [-0.25, -0.2) is 9.97 Å². The van der Waals surface area contributed by atoms with E-state index in [0.717, 1.165) is 31.9 Å². The molecule has 5 heteroatoms. The number of rotatable bonds is 2. The van der Waals surface area contributed by atoms with Crippen LogP contribution in [0.3, 0.4) is 0 Å². The third-order valence-electron chi connectivity index (χ3n) is 2.58. The third kappa shape index (κ3) is 2.12. The average Bonchev–Trinajstić information content (AvgIpc) is 2.30. The van der Waals surface area contributed by atoms with E-state index >= 15 is 0 Å². The lowest BCUT2D eigenvalue weighted by atomic mass is 9.99. The maximum atomic E-state index is 10.5. The van der Waals surface area contributed by atoms with E-state index < -0.39 is 0 Å². The van der Waals surface area contributed by atoms with Gasteiger partial charge in [0.25, 0.3) is 0 Å². The third-order valence-corrected chi connectivity index (χ3v) is 2.58. The molecule has 0 atom stereocenters. The fourth-order valence-corrected chi connectivity index (χ4v) is 1.66. The van der Waals surface area contributed by atoms with Crippen LogP contribution < -0.4 is 5.73 Å². The van der Waals surface area contributed by atoms with E-state index in [0.29, 0.717) is 17.8 Å². The minimum Gasteiger partial charge on any atom is -0.383 e. The van der Waals surface area contributed by atoms with Crippen LogP contribution in [-0.2, 0) is 4.74 Å². The molecule has 1 aliphatic rings. The van der Waals surface area contributed by atoms with Gasteiger partial charge in [0.15, 0.2) is 6.29 Å². The van der Waals surface area contributed by atoms with Crippen molar-refractivity contribution in [1.29, 1.82) is 0 Å². The number of carbonyl (C=O) groups excluding carboxylic acids is 1. The Morgan fingerprint density at radius 2 is 2.20 bits per heavy atom. The quantitative estimate of drug-likeness (QED) is 0.724. The molecule has 0 spiro atoms. The molecule has 0 saturated carbocycles. The van der Waals surface area contributed by atoms with Crippen molar-refractivity contribution in [2.75, 3.05) is 18.9 Å². The van der Waals surface area contributed by atoms with Gasteiger partial charge in [-0.15, -0.1) is 0 Å². The van der Waals surface area contributed by atoms with Crippen molar-refractivity contribution in [1.82, 2.24) is 9.97 Å². The molecule has 1 saturated heterocycles. The van der Waals surface area contributed by atoms with Crippen LogP contribution in [0.25, 0.3) is 0 Å². The van der Waals surface area contributed by atoms with Gasteiger partial charge in [-0.1, -0.05) is 0 Å². The van der Waals surface area contributed by atoms with Crippen LogP contribution in [0, 0.1) is 0 Å². The second-order valence-corrected chi connectivity index (χ2v) is 3.57. The van der Waals surface area contributed by atoms with Gasteiger partial charge in [0.2, 0.25) is 0 Å². The zero-order valence-corrected chi connectivity index (χ0v) is 8.35. The first-order valence-electron chi connectivity index (χ1n) is 4.96. The van der Waals surface area contributed by atoms with Crippen LogP contribution in [0.4, 0.5) is 5.82 Å². The highest BCUT2D eigenvalue weighted by Crippen LogP contribution is 2.24. The SMILES string of the molecule is Nc1nc(C2CCOCC2)ncc1C=O. The Morgan fingerprint density at radius 3 is 2.80 bits per heavy atom. The van der Waals surface area contributed by atoms with Crippen molar-refractivity contribution < 1.29 is 9.53 Å². The molecule has 0 unspecified atom stereocenters. The fourth-order valence-electron chi connectivity index (χ4n) is 1.66. The highest BCUT2D eigenvalue weighted by atomic mass is 16.5. The van der Waals surface area contributed by atoms with E-state index in [-0.39, 0.29) is 5.82 Å². The molecule has 0 radical (unpaired) electrons. The second kappa shape index (κ2) is 4.35. The van der Waals surface area contributed by atoms with E-state index in [4.69, 9.17) is 10.5 Å². The van der Waals surface area contributed by atoms with Gasteiger partial charge in [0.05, 0.1) is 5.56 Å². The number of nitrogen functional groups attached to an aromatic ring is 1. The molecule has 15 heavy (non-hydrogen) atoms. The van der Waals surface area contributed by atoms with Crippen LogP contribution in [0.5, 0.6) is 0 Å². The van der Waals surface area contributed by atoms with Gasteiger partial charge in [-0.05, 0) is 12.8 Å².